The number of nitrogens with zero attached hydrogens (tertiary/aromatic N) is 1. The predicted molar refractivity (Wildman–Crippen MR) is 66.1 cm³/mol. The van der Waals surface area contributed by atoms with Crippen molar-refractivity contribution in [1.29, 1.82) is 0 Å². The Balaban J connectivity index is 3.36. The zero-order valence-corrected chi connectivity index (χ0v) is 10.8. The fourth-order valence-electron chi connectivity index (χ4n) is 1.46. The number of likely N-dealkylation sites (N-methyl/N-ethyl adjacent to an activating group) is 1. The fraction of sp³-hybridized carbons (Fsp3) is 1.00. The van der Waals surface area contributed by atoms with E-state index in [4.69, 9.17) is 10.5 Å². The van der Waals surface area contributed by atoms with Gasteiger partial charge in [0.15, 0.2) is 0 Å². The molecule has 0 aliphatic rings. The number of ether oxygens (including phenoxy) is 1. The van der Waals surface area contributed by atoms with Crippen molar-refractivity contribution >= 4 is 0 Å². The highest BCUT2D eigenvalue weighted by atomic mass is 16.5. The minimum atomic E-state index is 0.334. The van der Waals surface area contributed by atoms with E-state index in [1.54, 1.807) is 0 Å². The van der Waals surface area contributed by atoms with Gasteiger partial charge in [0.1, 0.15) is 0 Å². The molecular weight excluding hydrogens is 188 g/mol. The third-order valence-electron chi connectivity index (χ3n) is 2.47. The SMILES string of the molecule is CCCC(N)CCN(C)CCOC(C)C. The predicted octanol–water partition coefficient (Wildman–Crippen LogP) is 1.86. The maximum absolute atomic E-state index is 5.95. The van der Waals surface area contributed by atoms with Crippen molar-refractivity contribution in [3.8, 4) is 0 Å². The number of hydrogen-bond donors (Lipinski definition) is 1. The van der Waals surface area contributed by atoms with E-state index in [9.17, 15) is 0 Å². The monoisotopic (exact) mass is 216 g/mol. The first-order valence-corrected chi connectivity index (χ1v) is 6.12. The van der Waals surface area contributed by atoms with Gasteiger partial charge in [-0.15, -0.1) is 0 Å². The maximum Gasteiger partial charge on any atom is 0.0596 e. The second-order valence-electron chi connectivity index (χ2n) is 4.56. The lowest BCUT2D eigenvalue weighted by molar-refractivity contribution is 0.0634. The molecule has 0 saturated carbocycles. The van der Waals surface area contributed by atoms with Crippen LogP contribution >= 0.6 is 0 Å². The van der Waals surface area contributed by atoms with Crippen LogP contribution in [0.5, 0.6) is 0 Å². The van der Waals surface area contributed by atoms with Gasteiger partial charge in [-0.3, -0.25) is 0 Å². The van der Waals surface area contributed by atoms with E-state index in [2.05, 4.69) is 32.7 Å². The Morgan fingerprint density at radius 2 is 1.87 bits per heavy atom. The van der Waals surface area contributed by atoms with Crippen molar-refractivity contribution in [1.82, 2.24) is 4.90 Å². The summed E-state index contributed by atoms with van der Waals surface area (Å²) < 4.78 is 5.49. The number of nitrogens with two attached hydrogens (primary N) is 1. The first-order chi connectivity index (χ1) is 7.06. The van der Waals surface area contributed by atoms with Gasteiger partial charge >= 0.3 is 0 Å². The molecule has 0 heterocycles. The Kier molecular flexibility index (Phi) is 9.06. The van der Waals surface area contributed by atoms with Crippen LogP contribution < -0.4 is 5.73 Å². The summed E-state index contributed by atoms with van der Waals surface area (Å²) >= 11 is 0. The van der Waals surface area contributed by atoms with E-state index >= 15 is 0 Å². The summed E-state index contributed by atoms with van der Waals surface area (Å²) in [5.74, 6) is 0. The summed E-state index contributed by atoms with van der Waals surface area (Å²) in [4.78, 5) is 2.29. The molecule has 0 aromatic rings. The molecule has 0 rings (SSSR count). The van der Waals surface area contributed by atoms with Crippen LogP contribution in [-0.2, 0) is 4.74 Å². The molecule has 2 N–H and O–H groups in total. The molecule has 0 bridgehead atoms. The lowest BCUT2D eigenvalue weighted by atomic mass is 10.1. The molecule has 15 heavy (non-hydrogen) atoms. The van der Waals surface area contributed by atoms with Gasteiger partial charge in [0.05, 0.1) is 12.7 Å². The summed E-state index contributed by atoms with van der Waals surface area (Å²) in [6.07, 6.45) is 3.74. The van der Waals surface area contributed by atoms with Crippen LogP contribution in [0.15, 0.2) is 0 Å². The van der Waals surface area contributed by atoms with Crippen LogP contribution in [0.4, 0.5) is 0 Å². The molecule has 0 radical (unpaired) electrons. The van der Waals surface area contributed by atoms with Crippen LogP contribution in [0.25, 0.3) is 0 Å². The molecule has 92 valence electrons. The molecular formula is C12H28N2O. The van der Waals surface area contributed by atoms with Crippen LogP contribution in [-0.4, -0.2) is 43.8 Å². The highest BCUT2D eigenvalue weighted by Gasteiger charge is 2.04. The van der Waals surface area contributed by atoms with Gasteiger partial charge in [0.25, 0.3) is 0 Å². The Morgan fingerprint density at radius 3 is 2.40 bits per heavy atom. The standard InChI is InChI=1S/C12H28N2O/c1-5-6-12(13)7-8-14(4)9-10-15-11(2)3/h11-12H,5-10,13H2,1-4H3. The summed E-state index contributed by atoms with van der Waals surface area (Å²) in [5, 5.41) is 0. The summed E-state index contributed by atoms with van der Waals surface area (Å²) in [6, 6.07) is 0.364. The van der Waals surface area contributed by atoms with E-state index in [1.165, 1.54) is 6.42 Å². The third kappa shape index (κ3) is 10.2. The molecule has 1 unspecified atom stereocenters. The molecule has 1 atom stereocenters. The highest BCUT2D eigenvalue weighted by Crippen LogP contribution is 1.99. The van der Waals surface area contributed by atoms with Gasteiger partial charge in [-0.05, 0) is 40.3 Å². The van der Waals surface area contributed by atoms with Crippen molar-refractivity contribution in [3.63, 3.8) is 0 Å². The van der Waals surface area contributed by atoms with E-state index in [0.717, 1.165) is 32.5 Å². The average molecular weight is 216 g/mol. The molecule has 0 spiro atoms. The second-order valence-corrected chi connectivity index (χ2v) is 4.56. The lowest BCUT2D eigenvalue weighted by Gasteiger charge is -2.19. The zero-order valence-electron chi connectivity index (χ0n) is 10.8. The molecule has 0 saturated heterocycles. The van der Waals surface area contributed by atoms with Crippen molar-refractivity contribution in [2.75, 3.05) is 26.7 Å². The summed E-state index contributed by atoms with van der Waals surface area (Å²) in [5.41, 5.74) is 5.95. The van der Waals surface area contributed by atoms with Gasteiger partial charge in [-0.2, -0.15) is 0 Å². The van der Waals surface area contributed by atoms with Gasteiger partial charge in [-0.1, -0.05) is 13.3 Å². The van der Waals surface area contributed by atoms with Gasteiger partial charge < -0.3 is 15.4 Å². The van der Waals surface area contributed by atoms with Gasteiger partial charge in [0, 0.05) is 12.6 Å². The minimum absolute atomic E-state index is 0.334. The van der Waals surface area contributed by atoms with E-state index in [1.807, 2.05) is 0 Å². The molecule has 0 amide bonds. The minimum Gasteiger partial charge on any atom is -0.377 e. The molecule has 0 fully saturated rings. The first-order valence-electron chi connectivity index (χ1n) is 6.12. The smallest absolute Gasteiger partial charge is 0.0596 e. The largest absolute Gasteiger partial charge is 0.377 e. The molecule has 0 aromatic carbocycles. The topological polar surface area (TPSA) is 38.5 Å². The molecule has 3 heteroatoms. The molecule has 0 aliphatic carbocycles. The van der Waals surface area contributed by atoms with Gasteiger partial charge in [-0.25, -0.2) is 0 Å². The van der Waals surface area contributed by atoms with Crippen molar-refractivity contribution < 1.29 is 4.74 Å². The average Bonchev–Trinajstić information content (AvgIpc) is 2.14. The van der Waals surface area contributed by atoms with E-state index < -0.39 is 0 Å². The second kappa shape index (κ2) is 9.13. The quantitative estimate of drug-likeness (QED) is 0.639. The Morgan fingerprint density at radius 1 is 1.20 bits per heavy atom. The number of hydrogen-bond acceptors (Lipinski definition) is 3. The molecule has 0 aliphatic heterocycles. The van der Waals surface area contributed by atoms with Crippen LogP contribution in [0.1, 0.15) is 40.0 Å². The summed E-state index contributed by atoms with van der Waals surface area (Å²) in [6.45, 7) is 9.20. The molecule has 3 nitrogen and oxygen atoms in total. The van der Waals surface area contributed by atoms with Crippen LogP contribution in [0.2, 0.25) is 0 Å². The van der Waals surface area contributed by atoms with E-state index in [-0.39, 0.29) is 0 Å². The highest BCUT2D eigenvalue weighted by molar-refractivity contribution is 4.63. The Bertz CT molecular complexity index is 140. The Labute approximate surface area is 95.0 Å². The van der Waals surface area contributed by atoms with Crippen LogP contribution in [0.3, 0.4) is 0 Å². The maximum atomic E-state index is 5.95. The normalized spacial score (nSPS) is 13.8. The molecule has 0 aromatic heterocycles. The van der Waals surface area contributed by atoms with Crippen molar-refractivity contribution in [2.45, 2.75) is 52.2 Å². The fourth-order valence-corrected chi connectivity index (χ4v) is 1.46. The first kappa shape index (κ1) is 14.9. The third-order valence-corrected chi connectivity index (χ3v) is 2.47. The van der Waals surface area contributed by atoms with Gasteiger partial charge in [0.2, 0.25) is 0 Å². The zero-order chi connectivity index (χ0) is 11.7. The lowest BCUT2D eigenvalue weighted by Crippen LogP contribution is -2.30. The van der Waals surface area contributed by atoms with Crippen molar-refractivity contribution in [3.05, 3.63) is 0 Å². The van der Waals surface area contributed by atoms with E-state index in [0.29, 0.717) is 12.1 Å². The van der Waals surface area contributed by atoms with Crippen LogP contribution in [0, 0.1) is 0 Å². The Hall–Kier alpha value is -0.120. The summed E-state index contributed by atoms with van der Waals surface area (Å²) in [7, 11) is 2.13. The van der Waals surface area contributed by atoms with Crippen molar-refractivity contribution in [2.24, 2.45) is 5.73 Å². The number of rotatable bonds is 9.